The molecule has 15 heavy (non-hydrogen) atoms. The van der Waals surface area contributed by atoms with Crippen molar-refractivity contribution in [3.63, 3.8) is 0 Å². The average molecular weight is 242 g/mol. The topological polar surface area (TPSA) is 44.0 Å². The summed E-state index contributed by atoms with van der Waals surface area (Å²) in [5.41, 5.74) is 0.483. The van der Waals surface area contributed by atoms with E-state index in [2.05, 4.69) is 6.07 Å². The highest BCUT2D eigenvalue weighted by Gasteiger charge is 2.14. The molecule has 0 aliphatic carbocycles. The first-order chi connectivity index (χ1) is 7.06. The number of thioether (sulfide) groups is 1. The highest BCUT2D eigenvalue weighted by atomic mass is 35.5. The number of halogens is 1. The second-order valence-electron chi connectivity index (χ2n) is 3.29. The minimum atomic E-state index is -0.416. The normalized spacial score (nSPS) is 14.3. The maximum Gasteiger partial charge on any atom is 0.102 e. The predicted molar refractivity (Wildman–Crippen MR) is 63.2 cm³/mol. The largest absolute Gasteiger partial charge is 0.392 e. The highest BCUT2D eigenvalue weighted by molar-refractivity contribution is 8.00. The van der Waals surface area contributed by atoms with Crippen LogP contribution >= 0.6 is 23.4 Å². The van der Waals surface area contributed by atoms with Crippen molar-refractivity contribution in [2.45, 2.75) is 30.1 Å². The van der Waals surface area contributed by atoms with E-state index in [0.29, 0.717) is 10.6 Å². The molecule has 0 saturated heterocycles. The zero-order valence-corrected chi connectivity index (χ0v) is 10.1. The summed E-state index contributed by atoms with van der Waals surface area (Å²) in [5.74, 6) is 0. The Kier molecular flexibility index (Phi) is 4.46. The average Bonchev–Trinajstić information content (AvgIpc) is 2.18. The van der Waals surface area contributed by atoms with E-state index in [1.807, 2.05) is 13.0 Å². The van der Waals surface area contributed by atoms with Gasteiger partial charge < -0.3 is 5.11 Å². The first-order valence-corrected chi connectivity index (χ1v) is 5.85. The Bertz CT molecular complexity index is 387. The minimum Gasteiger partial charge on any atom is -0.392 e. The van der Waals surface area contributed by atoms with Crippen molar-refractivity contribution in [3.05, 3.63) is 28.8 Å². The maximum atomic E-state index is 9.38. The standard InChI is InChI=1S/C11H12ClNOS/c1-7(14)8(2)15-11-5-3-4-10(12)9(11)6-13/h3-5,7-8,14H,1-2H3. The Hall–Kier alpha value is -0.690. The van der Waals surface area contributed by atoms with Crippen molar-refractivity contribution >= 4 is 23.4 Å². The van der Waals surface area contributed by atoms with Gasteiger partial charge in [0.05, 0.1) is 16.7 Å². The van der Waals surface area contributed by atoms with Gasteiger partial charge in [-0.3, -0.25) is 0 Å². The third-order valence-corrected chi connectivity index (χ3v) is 3.75. The van der Waals surface area contributed by atoms with Crippen LogP contribution in [0.15, 0.2) is 23.1 Å². The summed E-state index contributed by atoms with van der Waals surface area (Å²) >= 11 is 7.35. The highest BCUT2D eigenvalue weighted by Crippen LogP contribution is 2.31. The van der Waals surface area contributed by atoms with Crippen molar-refractivity contribution in [3.8, 4) is 6.07 Å². The number of nitriles is 1. The third kappa shape index (κ3) is 3.13. The van der Waals surface area contributed by atoms with Crippen molar-refractivity contribution in [2.75, 3.05) is 0 Å². The van der Waals surface area contributed by atoms with Gasteiger partial charge in [0.15, 0.2) is 0 Å². The van der Waals surface area contributed by atoms with Gasteiger partial charge in [0, 0.05) is 10.1 Å². The predicted octanol–water partition coefficient (Wildman–Crippen LogP) is 3.07. The zero-order valence-electron chi connectivity index (χ0n) is 8.57. The summed E-state index contributed by atoms with van der Waals surface area (Å²) < 4.78 is 0. The summed E-state index contributed by atoms with van der Waals surface area (Å²) in [6.45, 7) is 3.64. The van der Waals surface area contributed by atoms with Crippen LogP contribution in [0, 0.1) is 11.3 Å². The number of nitrogens with zero attached hydrogens (tertiary/aromatic N) is 1. The molecule has 2 atom stereocenters. The molecule has 1 aromatic rings. The van der Waals surface area contributed by atoms with Crippen LogP contribution in [0.1, 0.15) is 19.4 Å². The van der Waals surface area contributed by atoms with Crippen molar-refractivity contribution in [2.24, 2.45) is 0 Å². The Morgan fingerprint density at radius 3 is 2.67 bits per heavy atom. The number of benzene rings is 1. The molecule has 0 fully saturated rings. The Morgan fingerprint density at radius 2 is 2.13 bits per heavy atom. The summed E-state index contributed by atoms with van der Waals surface area (Å²) in [4.78, 5) is 0.818. The van der Waals surface area contributed by atoms with Gasteiger partial charge in [-0.15, -0.1) is 11.8 Å². The smallest absolute Gasteiger partial charge is 0.102 e. The lowest BCUT2D eigenvalue weighted by molar-refractivity contribution is 0.196. The summed E-state index contributed by atoms with van der Waals surface area (Å²) in [5, 5.41) is 18.8. The Morgan fingerprint density at radius 1 is 1.47 bits per heavy atom. The van der Waals surface area contributed by atoms with E-state index < -0.39 is 6.10 Å². The molecule has 0 amide bonds. The molecule has 0 aromatic heterocycles. The lowest BCUT2D eigenvalue weighted by Gasteiger charge is -2.14. The molecule has 0 aliphatic rings. The van der Waals surface area contributed by atoms with Gasteiger partial charge in [0.2, 0.25) is 0 Å². The molecular weight excluding hydrogens is 230 g/mol. The Labute approximate surface area is 98.9 Å². The van der Waals surface area contributed by atoms with Gasteiger partial charge in [-0.2, -0.15) is 5.26 Å². The fourth-order valence-electron chi connectivity index (χ4n) is 1.01. The van der Waals surface area contributed by atoms with Crippen LogP contribution in [0.3, 0.4) is 0 Å². The van der Waals surface area contributed by atoms with Gasteiger partial charge in [0.1, 0.15) is 6.07 Å². The number of hydrogen-bond acceptors (Lipinski definition) is 3. The molecule has 0 saturated carbocycles. The van der Waals surface area contributed by atoms with Crippen molar-refractivity contribution in [1.82, 2.24) is 0 Å². The molecule has 80 valence electrons. The molecule has 1 N–H and O–H groups in total. The molecule has 0 radical (unpaired) electrons. The lowest BCUT2D eigenvalue weighted by Crippen LogP contribution is -2.15. The van der Waals surface area contributed by atoms with Gasteiger partial charge in [-0.05, 0) is 19.1 Å². The quantitative estimate of drug-likeness (QED) is 0.828. The summed E-state index contributed by atoms with van der Waals surface area (Å²) in [7, 11) is 0. The van der Waals surface area contributed by atoms with Crippen LogP contribution in [-0.4, -0.2) is 16.5 Å². The number of aliphatic hydroxyl groups excluding tert-OH is 1. The molecule has 0 spiro atoms. The molecule has 0 heterocycles. The van der Waals surface area contributed by atoms with Crippen LogP contribution < -0.4 is 0 Å². The number of hydrogen-bond donors (Lipinski definition) is 1. The molecule has 0 bridgehead atoms. The van der Waals surface area contributed by atoms with E-state index >= 15 is 0 Å². The molecule has 0 aliphatic heterocycles. The van der Waals surface area contributed by atoms with Crippen LogP contribution in [0.2, 0.25) is 5.02 Å². The second kappa shape index (κ2) is 5.41. The van der Waals surface area contributed by atoms with Crippen molar-refractivity contribution < 1.29 is 5.11 Å². The molecular formula is C11H12ClNOS. The van der Waals surface area contributed by atoms with Crippen LogP contribution in [0.25, 0.3) is 0 Å². The first-order valence-electron chi connectivity index (χ1n) is 4.59. The van der Waals surface area contributed by atoms with Gasteiger partial charge in [-0.1, -0.05) is 24.6 Å². The summed E-state index contributed by atoms with van der Waals surface area (Å²) in [6, 6.07) is 7.41. The third-order valence-electron chi connectivity index (χ3n) is 2.08. The monoisotopic (exact) mass is 241 g/mol. The molecule has 1 rings (SSSR count). The maximum absolute atomic E-state index is 9.38. The number of aliphatic hydroxyl groups is 1. The van der Waals surface area contributed by atoms with E-state index in [0.717, 1.165) is 4.90 Å². The fourth-order valence-corrected chi connectivity index (χ4v) is 2.31. The van der Waals surface area contributed by atoms with Gasteiger partial charge >= 0.3 is 0 Å². The van der Waals surface area contributed by atoms with E-state index in [9.17, 15) is 5.11 Å². The van der Waals surface area contributed by atoms with E-state index in [1.165, 1.54) is 11.8 Å². The lowest BCUT2D eigenvalue weighted by atomic mass is 10.2. The van der Waals surface area contributed by atoms with Gasteiger partial charge in [0.25, 0.3) is 0 Å². The van der Waals surface area contributed by atoms with E-state index in [1.54, 1.807) is 19.1 Å². The SMILES string of the molecule is CC(O)C(C)Sc1cccc(Cl)c1C#N. The van der Waals surface area contributed by atoms with Crippen molar-refractivity contribution in [1.29, 1.82) is 5.26 Å². The molecule has 1 aromatic carbocycles. The van der Waals surface area contributed by atoms with Crippen LogP contribution in [0.4, 0.5) is 0 Å². The van der Waals surface area contributed by atoms with E-state index in [4.69, 9.17) is 16.9 Å². The van der Waals surface area contributed by atoms with Crippen LogP contribution in [-0.2, 0) is 0 Å². The minimum absolute atomic E-state index is 0.0376. The molecule has 2 nitrogen and oxygen atoms in total. The van der Waals surface area contributed by atoms with E-state index in [-0.39, 0.29) is 5.25 Å². The zero-order chi connectivity index (χ0) is 11.4. The number of rotatable bonds is 3. The Balaban J connectivity index is 2.96. The fraction of sp³-hybridized carbons (Fsp3) is 0.364. The van der Waals surface area contributed by atoms with Crippen LogP contribution in [0.5, 0.6) is 0 Å². The second-order valence-corrected chi connectivity index (χ2v) is 5.11. The molecule has 4 heteroatoms. The first kappa shape index (κ1) is 12.4. The van der Waals surface area contributed by atoms with Gasteiger partial charge in [-0.25, -0.2) is 0 Å². The molecule has 2 unspecified atom stereocenters. The summed E-state index contributed by atoms with van der Waals surface area (Å²) in [6.07, 6.45) is -0.416.